The van der Waals surface area contributed by atoms with E-state index in [-0.39, 0.29) is 17.7 Å². The van der Waals surface area contributed by atoms with Crippen LogP contribution >= 0.6 is 0 Å². The average Bonchev–Trinajstić information content (AvgIpc) is 2.37. The highest BCUT2D eigenvalue weighted by molar-refractivity contribution is 7.86. The predicted octanol–water partition coefficient (Wildman–Crippen LogP) is 2.56. The maximum Gasteiger partial charge on any atom is 0.272 e. The molecule has 19 heavy (non-hydrogen) atoms. The molecular weight excluding hydrogens is 264 g/mol. The number of rotatable bonds is 4. The van der Waals surface area contributed by atoms with Gasteiger partial charge in [0.1, 0.15) is 11.0 Å². The smallest absolute Gasteiger partial charge is 0.272 e. The van der Waals surface area contributed by atoms with Crippen molar-refractivity contribution in [3.63, 3.8) is 0 Å². The second kappa shape index (κ2) is 5.42. The topological polar surface area (TPSA) is 74.6 Å². The third-order valence-corrected chi connectivity index (χ3v) is 4.05. The summed E-state index contributed by atoms with van der Waals surface area (Å²) in [7, 11) is -4.30. The lowest BCUT2D eigenvalue weighted by Crippen LogP contribution is -2.15. The van der Waals surface area contributed by atoms with Gasteiger partial charge in [0.2, 0.25) is 0 Å². The standard InChI is InChI=1S/C14H14O4S/c15-13-9-5-4-8-12(13)14(19(16,17)18)10-11-6-2-1-3-7-11/h1-9,14-15H,10H2,(H,16,17,18). The zero-order valence-corrected chi connectivity index (χ0v) is 10.9. The Morgan fingerprint density at radius 2 is 1.53 bits per heavy atom. The first-order valence-electron chi connectivity index (χ1n) is 5.76. The SMILES string of the molecule is O=S(=O)(O)C(Cc1ccccc1)c1ccccc1O. The van der Waals surface area contributed by atoms with Gasteiger partial charge in [0.15, 0.2) is 0 Å². The molecule has 0 saturated heterocycles. The van der Waals surface area contributed by atoms with Crippen molar-refractivity contribution in [1.82, 2.24) is 0 Å². The van der Waals surface area contributed by atoms with Crippen molar-refractivity contribution in [2.45, 2.75) is 11.7 Å². The number of hydrogen-bond acceptors (Lipinski definition) is 3. The van der Waals surface area contributed by atoms with E-state index < -0.39 is 15.4 Å². The number of hydrogen-bond donors (Lipinski definition) is 2. The Bertz CT molecular complexity index is 650. The van der Waals surface area contributed by atoms with Crippen LogP contribution in [0, 0.1) is 0 Å². The van der Waals surface area contributed by atoms with Crippen molar-refractivity contribution < 1.29 is 18.1 Å². The Morgan fingerprint density at radius 1 is 0.947 bits per heavy atom. The summed E-state index contributed by atoms with van der Waals surface area (Å²) in [6, 6.07) is 15.1. The van der Waals surface area contributed by atoms with Crippen molar-refractivity contribution in [2.75, 3.05) is 0 Å². The monoisotopic (exact) mass is 278 g/mol. The molecule has 0 heterocycles. The second-order valence-electron chi connectivity index (χ2n) is 4.25. The normalized spacial score (nSPS) is 13.1. The molecule has 2 aromatic carbocycles. The lowest BCUT2D eigenvalue weighted by Gasteiger charge is -2.15. The number of phenolic OH excluding ortho intramolecular Hbond substituents is 1. The lowest BCUT2D eigenvalue weighted by atomic mass is 10.0. The van der Waals surface area contributed by atoms with E-state index in [1.807, 2.05) is 6.07 Å². The molecule has 4 nitrogen and oxygen atoms in total. The van der Waals surface area contributed by atoms with E-state index in [1.54, 1.807) is 36.4 Å². The fourth-order valence-electron chi connectivity index (χ4n) is 1.96. The van der Waals surface area contributed by atoms with Gasteiger partial charge in [0.05, 0.1) is 0 Å². The van der Waals surface area contributed by atoms with Gasteiger partial charge in [-0.2, -0.15) is 8.42 Å². The van der Waals surface area contributed by atoms with Crippen LogP contribution in [-0.2, 0) is 16.5 Å². The maximum atomic E-state index is 11.5. The van der Waals surface area contributed by atoms with Gasteiger partial charge in [-0.3, -0.25) is 4.55 Å². The lowest BCUT2D eigenvalue weighted by molar-refractivity contribution is 0.449. The molecule has 0 spiro atoms. The van der Waals surface area contributed by atoms with Gasteiger partial charge in [-0.05, 0) is 18.1 Å². The van der Waals surface area contributed by atoms with Crippen molar-refractivity contribution in [2.24, 2.45) is 0 Å². The molecule has 0 bridgehead atoms. The predicted molar refractivity (Wildman–Crippen MR) is 72.5 cm³/mol. The molecule has 0 aliphatic heterocycles. The number of aromatic hydroxyl groups is 1. The van der Waals surface area contributed by atoms with Crippen LogP contribution in [0.5, 0.6) is 5.75 Å². The third-order valence-electron chi connectivity index (χ3n) is 2.91. The molecule has 2 N–H and O–H groups in total. The molecule has 100 valence electrons. The third kappa shape index (κ3) is 3.33. The minimum atomic E-state index is -4.30. The second-order valence-corrected chi connectivity index (χ2v) is 5.85. The Hall–Kier alpha value is -1.85. The van der Waals surface area contributed by atoms with Crippen molar-refractivity contribution in [1.29, 1.82) is 0 Å². The van der Waals surface area contributed by atoms with Crippen LogP contribution in [0.15, 0.2) is 54.6 Å². The zero-order chi connectivity index (χ0) is 13.9. The summed E-state index contributed by atoms with van der Waals surface area (Å²) < 4.78 is 32.4. The molecule has 5 heteroatoms. The first-order chi connectivity index (χ1) is 8.98. The highest BCUT2D eigenvalue weighted by atomic mass is 32.2. The van der Waals surface area contributed by atoms with E-state index in [0.717, 1.165) is 5.56 Å². The Kier molecular flexibility index (Phi) is 3.87. The van der Waals surface area contributed by atoms with E-state index in [9.17, 15) is 18.1 Å². The van der Waals surface area contributed by atoms with Gasteiger partial charge in [-0.25, -0.2) is 0 Å². The fourth-order valence-corrected chi connectivity index (χ4v) is 2.89. The molecule has 0 aliphatic carbocycles. The van der Waals surface area contributed by atoms with Gasteiger partial charge in [-0.1, -0.05) is 48.5 Å². The van der Waals surface area contributed by atoms with Gasteiger partial charge in [0.25, 0.3) is 10.1 Å². The van der Waals surface area contributed by atoms with Crippen LogP contribution in [0.1, 0.15) is 16.4 Å². The van der Waals surface area contributed by atoms with E-state index >= 15 is 0 Å². The first-order valence-corrected chi connectivity index (χ1v) is 7.27. The van der Waals surface area contributed by atoms with Crippen LogP contribution in [-0.4, -0.2) is 18.1 Å². The van der Waals surface area contributed by atoms with Crippen molar-refractivity contribution in [3.05, 3.63) is 65.7 Å². The summed E-state index contributed by atoms with van der Waals surface area (Å²) in [4.78, 5) is 0. The molecule has 1 atom stereocenters. The Balaban J connectivity index is 2.41. The van der Waals surface area contributed by atoms with Crippen LogP contribution in [0.3, 0.4) is 0 Å². The number of benzene rings is 2. The average molecular weight is 278 g/mol. The first kappa shape index (κ1) is 13.6. The zero-order valence-electron chi connectivity index (χ0n) is 10.1. The highest BCUT2D eigenvalue weighted by Crippen LogP contribution is 2.31. The Morgan fingerprint density at radius 3 is 2.11 bits per heavy atom. The molecule has 0 saturated carbocycles. The summed E-state index contributed by atoms with van der Waals surface area (Å²) in [5.74, 6) is -0.138. The van der Waals surface area contributed by atoms with Crippen LogP contribution in [0.2, 0.25) is 0 Å². The number of phenols is 1. The fraction of sp³-hybridized carbons (Fsp3) is 0.143. The van der Waals surface area contributed by atoms with Gasteiger partial charge in [-0.15, -0.1) is 0 Å². The quantitative estimate of drug-likeness (QED) is 0.843. The Labute approximate surface area is 112 Å². The van der Waals surface area contributed by atoms with E-state index in [2.05, 4.69) is 0 Å². The largest absolute Gasteiger partial charge is 0.508 e. The minimum absolute atomic E-state index is 0.108. The van der Waals surface area contributed by atoms with Crippen molar-refractivity contribution in [3.8, 4) is 5.75 Å². The van der Waals surface area contributed by atoms with Gasteiger partial charge in [0, 0.05) is 5.56 Å². The van der Waals surface area contributed by atoms with Crippen LogP contribution in [0.4, 0.5) is 0 Å². The van der Waals surface area contributed by atoms with Crippen LogP contribution in [0.25, 0.3) is 0 Å². The summed E-state index contributed by atoms with van der Waals surface area (Å²) >= 11 is 0. The highest BCUT2D eigenvalue weighted by Gasteiger charge is 2.27. The molecule has 0 aromatic heterocycles. The molecule has 2 rings (SSSR count). The van der Waals surface area contributed by atoms with Crippen LogP contribution < -0.4 is 0 Å². The molecule has 1 unspecified atom stereocenters. The summed E-state index contributed by atoms with van der Waals surface area (Å²) in [5, 5.41) is 8.58. The summed E-state index contributed by atoms with van der Waals surface area (Å²) in [6.45, 7) is 0. The van der Waals surface area contributed by atoms with E-state index in [0.29, 0.717) is 0 Å². The van der Waals surface area contributed by atoms with Gasteiger partial charge >= 0.3 is 0 Å². The van der Waals surface area contributed by atoms with Gasteiger partial charge < -0.3 is 5.11 Å². The van der Waals surface area contributed by atoms with E-state index in [4.69, 9.17) is 0 Å². The molecule has 0 aliphatic rings. The molecule has 0 fully saturated rings. The van der Waals surface area contributed by atoms with E-state index in [1.165, 1.54) is 12.1 Å². The minimum Gasteiger partial charge on any atom is -0.508 e. The molecule has 0 amide bonds. The molecular formula is C14H14O4S. The number of para-hydroxylation sites is 1. The van der Waals surface area contributed by atoms with Crippen molar-refractivity contribution >= 4 is 10.1 Å². The molecule has 0 radical (unpaired) electrons. The summed E-state index contributed by atoms with van der Waals surface area (Å²) in [6.07, 6.45) is 0.108. The maximum absolute atomic E-state index is 11.5. The molecule has 2 aromatic rings. The summed E-state index contributed by atoms with van der Waals surface area (Å²) in [5.41, 5.74) is 0.974.